The zero-order valence-corrected chi connectivity index (χ0v) is 14.9. The molecule has 1 N–H and O–H groups in total. The molecule has 0 saturated carbocycles. The molecule has 1 aliphatic rings. The van der Waals surface area contributed by atoms with Gasteiger partial charge in [0.2, 0.25) is 0 Å². The number of esters is 1. The molecule has 0 spiro atoms. The van der Waals surface area contributed by atoms with E-state index in [2.05, 4.69) is 10.1 Å². The van der Waals surface area contributed by atoms with Crippen LogP contribution in [0.25, 0.3) is 0 Å². The third kappa shape index (κ3) is 3.28. The average molecular weight is 356 g/mol. The lowest BCUT2D eigenvalue weighted by molar-refractivity contribution is -0.138. The quantitative estimate of drug-likeness (QED) is 0.801. The molecule has 2 aromatic carbocycles. The van der Waals surface area contributed by atoms with Gasteiger partial charge in [-0.15, -0.1) is 0 Å². The third-order valence-electron chi connectivity index (χ3n) is 4.26. The highest BCUT2D eigenvalue weighted by atomic mass is 16.5. The van der Waals surface area contributed by atoms with Gasteiger partial charge in [0.1, 0.15) is 6.54 Å². The molecular weight excluding hydrogens is 336 g/mol. The summed E-state index contributed by atoms with van der Waals surface area (Å²) in [4.78, 5) is 25.8. The van der Waals surface area contributed by atoms with Crippen molar-refractivity contribution in [1.82, 2.24) is 0 Å². The molecule has 1 aliphatic heterocycles. The number of carbonyl (C=O) groups excluding carboxylic acids is 2. The van der Waals surface area contributed by atoms with Crippen molar-refractivity contribution in [2.45, 2.75) is 6.54 Å². The summed E-state index contributed by atoms with van der Waals surface area (Å²) in [6, 6.07) is 10.8. The first-order valence-electron chi connectivity index (χ1n) is 8.05. The van der Waals surface area contributed by atoms with E-state index in [1.165, 1.54) is 7.11 Å². The Morgan fingerprint density at radius 1 is 1.08 bits per heavy atom. The van der Waals surface area contributed by atoms with Crippen LogP contribution in [0, 0.1) is 0 Å². The second-order valence-electron chi connectivity index (χ2n) is 5.73. The fourth-order valence-corrected chi connectivity index (χ4v) is 2.86. The summed E-state index contributed by atoms with van der Waals surface area (Å²) in [7, 11) is 4.45. The number of amides is 1. The molecule has 1 amide bonds. The van der Waals surface area contributed by atoms with Gasteiger partial charge in [-0.05, 0) is 29.8 Å². The Morgan fingerprint density at radius 3 is 2.54 bits per heavy atom. The molecule has 0 aromatic heterocycles. The van der Waals surface area contributed by atoms with Gasteiger partial charge in [-0.3, -0.25) is 9.59 Å². The van der Waals surface area contributed by atoms with Gasteiger partial charge in [-0.2, -0.15) is 0 Å². The Balaban J connectivity index is 1.82. The van der Waals surface area contributed by atoms with Gasteiger partial charge in [-0.1, -0.05) is 6.07 Å². The lowest BCUT2D eigenvalue weighted by Gasteiger charge is -2.17. The van der Waals surface area contributed by atoms with Crippen LogP contribution in [-0.4, -0.2) is 39.8 Å². The number of benzene rings is 2. The van der Waals surface area contributed by atoms with Crippen LogP contribution in [0.1, 0.15) is 15.9 Å². The van der Waals surface area contributed by atoms with Crippen molar-refractivity contribution in [3.63, 3.8) is 0 Å². The van der Waals surface area contributed by atoms with Crippen LogP contribution in [0.5, 0.6) is 11.5 Å². The van der Waals surface area contributed by atoms with Gasteiger partial charge < -0.3 is 24.4 Å². The molecule has 0 aliphatic carbocycles. The SMILES string of the molecule is COC(=O)CNc1ccc2c(c1)C(=O)N(c1ccc(OC)c(OC)c1)C2. The lowest BCUT2D eigenvalue weighted by atomic mass is 10.1. The number of anilines is 2. The highest BCUT2D eigenvalue weighted by Gasteiger charge is 2.29. The summed E-state index contributed by atoms with van der Waals surface area (Å²) in [5.74, 6) is 0.696. The van der Waals surface area contributed by atoms with E-state index in [9.17, 15) is 9.59 Å². The first kappa shape index (κ1) is 17.6. The number of ether oxygens (including phenoxy) is 3. The maximum atomic E-state index is 12.8. The number of nitrogens with zero attached hydrogens (tertiary/aromatic N) is 1. The molecule has 26 heavy (non-hydrogen) atoms. The van der Waals surface area contributed by atoms with Gasteiger partial charge in [0.05, 0.1) is 27.9 Å². The number of fused-ring (bicyclic) bond motifs is 1. The van der Waals surface area contributed by atoms with Crippen LogP contribution in [0.3, 0.4) is 0 Å². The number of rotatable bonds is 6. The van der Waals surface area contributed by atoms with Crippen molar-refractivity contribution in [3.05, 3.63) is 47.5 Å². The predicted molar refractivity (Wildman–Crippen MR) is 97.0 cm³/mol. The molecule has 0 fully saturated rings. The Morgan fingerprint density at radius 2 is 1.85 bits per heavy atom. The minimum Gasteiger partial charge on any atom is -0.493 e. The second kappa shape index (κ2) is 7.35. The fraction of sp³-hybridized carbons (Fsp3) is 0.263. The third-order valence-corrected chi connectivity index (χ3v) is 4.26. The number of hydrogen-bond donors (Lipinski definition) is 1. The minimum atomic E-state index is -0.372. The van der Waals surface area contributed by atoms with E-state index >= 15 is 0 Å². The number of methoxy groups -OCH3 is 3. The van der Waals surface area contributed by atoms with Crippen molar-refractivity contribution >= 4 is 23.3 Å². The molecule has 136 valence electrons. The summed E-state index contributed by atoms with van der Waals surface area (Å²) in [5.41, 5.74) is 2.95. The number of hydrogen-bond acceptors (Lipinski definition) is 6. The number of carbonyl (C=O) groups is 2. The Kier molecular flexibility index (Phi) is 4.97. The van der Waals surface area contributed by atoms with Crippen LogP contribution in [0.2, 0.25) is 0 Å². The second-order valence-corrected chi connectivity index (χ2v) is 5.73. The van der Waals surface area contributed by atoms with Crippen LogP contribution in [0.4, 0.5) is 11.4 Å². The van der Waals surface area contributed by atoms with Gasteiger partial charge in [0.15, 0.2) is 11.5 Å². The molecule has 2 aromatic rings. The maximum Gasteiger partial charge on any atom is 0.325 e. The van der Waals surface area contributed by atoms with Crippen molar-refractivity contribution in [2.75, 3.05) is 38.1 Å². The van der Waals surface area contributed by atoms with Crippen LogP contribution < -0.4 is 19.7 Å². The van der Waals surface area contributed by atoms with Crippen molar-refractivity contribution in [2.24, 2.45) is 0 Å². The molecular formula is C19H20N2O5. The minimum absolute atomic E-state index is 0.0445. The Labute approximate surface area is 151 Å². The van der Waals surface area contributed by atoms with Crippen molar-refractivity contribution in [3.8, 4) is 11.5 Å². The molecule has 1 heterocycles. The number of nitrogens with one attached hydrogen (secondary N) is 1. The van der Waals surface area contributed by atoms with E-state index in [0.717, 1.165) is 11.3 Å². The summed E-state index contributed by atoms with van der Waals surface area (Å²) in [6.45, 7) is 0.518. The van der Waals surface area contributed by atoms with Crippen LogP contribution >= 0.6 is 0 Å². The Hall–Kier alpha value is -3.22. The predicted octanol–water partition coefficient (Wildman–Crippen LogP) is 2.45. The molecule has 0 bridgehead atoms. The van der Waals surface area contributed by atoms with Gasteiger partial charge in [-0.25, -0.2) is 0 Å². The topological polar surface area (TPSA) is 77.1 Å². The molecule has 0 atom stereocenters. The van der Waals surface area contributed by atoms with E-state index < -0.39 is 0 Å². The standard InChI is InChI=1S/C19H20N2O5/c1-24-16-7-6-14(9-17(16)25-2)21-11-12-4-5-13(8-15(12)19(21)23)20-10-18(22)26-3/h4-9,20H,10-11H2,1-3H3. The van der Waals surface area contributed by atoms with Gasteiger partial charge >= 0.3 is 5.97 Å². The van der Waals surface area contributed by atoms with Gasteiger partial charge in [0.25, 0.3) is 5.91 Å². The summed E-state index contributed by atoms with van der Waals surface area (Å²) in [6.07, 6.45) is 0. The van der Waals surface area contributed by atoms with E-state index in [-0.39, 0.29) is 18.4 Å². The molecule has 7 nitrogen and oxygen atoms in total. The largest absolute Gasteiger partial charge is 0.493 e. The fourth-order valence-electron chi connectivity index (χ4n) is 2.86. The first-order chi connectivity index (χ1) is 12.6. The Bertz CT molecular complexity index is 850. The lowest BCUT2D eigenvalue weighted by Crippen LogP contribution is -2.23. The smallest absolute Gasteiger partial charge is 0.325 e. The summed E-state index contributed by atoms with van der Waals surface area (Å²) < 4.78 is 15.2. The molecule has 0 radical (unpaired) electrons. The highest BCUT2D eigenvalue weighted by molar-refractivity contribution is 6.10. The van der Waals surface area contributed by atoms with E-state index in [4.69, 9.17) is 9.47 Å². The zero-order chi connectivity index (χ0) is 18.7. The van der Waals surface area contributed by atoms with E-state index in [1.54, 1.807) is 37.3 Å². The monoisotopic (exact) mass is 356 g/mol. The molecule has 0 unspecified atom stereocenters. The van der Waals surface area contributed by atoms with E-state index in [0.29, 0.717) is 29.3 Å². The van der Waals surface area contributed by atoms with Gasteiger partial charge in [0, 0.05) is 23.0 Å². The van der Waals surface area contributed by atoms with Crippen LogP contribution in [0.15, 0.2) is 36.4 Å². The highest BCUT2D eigenvalue weighted by Crippen LogP contribution is 2.35. The van der Waals surface area contributed by atoms with Crippen molar-refractivity contribution in [1.29, 1.82) is 0 Å². The molecule has 3 rings (SSSR count). The first-order valence-corrected chi connectivity index (χ1v) is 8.05. The summed E-state index contributed by atoms with van der Waals surface area (Å²) >= 11 is 0. The van der Waals surface area contributed by atoms with Crippen molar-refractivity contribution < 1.29 is 23.8 Å². The van der Waals surface area contributed by atoms with E-state index in [1.807, 2.05) is 18.2 Å². The molecule has 0 saturated heterocycles. The normalized spacial score (nSPS) is 12.6. The zero-order valence-electron chi connectivity index (χ0n) is 14.9. The maximum absolute atomic E-state index is 12.8. The summed E-state index contributed by atoms with van der Waals surface area (Å²) in [5, 5.41) is 2.95. The average Bonchev–Trinajstić information content (AvgIpc) is 3.01. The molecule has 7 heteroatoms. The van der Waals surface area contributed by atoms with Crippen LogP contribution in [-0.2, 0) is 16.1 Å².